The zero-order valence-electron chi connectivity index (χ0n) is 10.5. The van der Waals surface area contributed by atoms with Crippen LogP contribution in [0, 0.1) is 11.8 Å². The molecule has 0 aromatic heterocycles. The molecule has 1 N–H and O–H groups in total. The van der Waals surface area contributed by atoms with Gasteiger partial charge in [-0.25, -0.2) is 0 Å². The minimum Gasteiger partial charge on any atom is -0.508 e. The maximum atomic E-state index is 9.92. The second kappa shape index (κ2) is 4.34. The van der Waals surface area contributed by atoms with Crippen LogP contribution < -0.4 is 0 Å². The van der Waals surface area contributed by atoms with E-state index < -0.39 is 0 Å². The van der Waals surface area contributed by atoms with Crippen LogP contribution in [0.1, 0.15) is 37.8 Å². The SMILES string of the molecule is CC(c1ccccc1O)N1CC2CCCC2C1. The molecule has 0 bridgehead atoms. The van der Waals surface area contributed by atoms with Crippen molar-refractivity contribution < 1.29 is 5.11 Å². The molecule has 1 aliphatic carbocycles. The normalized spacial score (nSPS) is 30.4. The van der Waals surface area contributed by atoms with Crippen LogP contribution in [0.25, 0.3) is 0 Å². The van der Waals surface area contributed by atoms with E-state index >= 15 is 0 Å². The predicted octanol–water partition coefficient (Wildman–Crippen LogP) is 3.19. The molecule has 0 amide bonds. The topological polar surface area (TPSA) is 23.5 Å². The number of hydrogen-bond acceptors (Lipinski definition) is 2. The van der Waals surface area contributed by atoms with Crippen LogP contribution in [-0.4, -0.2) is 23.1 Å². The highest BCUT2D eigenvalue weighted by Gasteiger charge is 2.38. The predicted molar refractivity (Wildman–Crippen MR) is 68.9 cm³/mol. The lowest BCUT2D eigenvalue weighted by Gasteiger charge is -2.26. The Morgan fingerprint density at radius 1 is 1.18 bits per heavy atom. The summed E-state index contributed by atoms with van der Waals surface area (Å²) in [5.74, 6) is 2.28. The zero-order chi connectivity index (χ0) is 11.8. The van der Waals surface area contributed by atoms with Crippen LogP contribution >= 0.6 is 0 Å². The third-order valence-corrected chi connectivity index (χ3v) is 4.69. The van der Waals surface area contributed by atoms with Crippen molar-refractivity contribution in [3.05, 3.63) is 29.8 Å². The molecule has 92 valence electrons. The first kappa shape index (κ1) is 11.1. The lowest BCUT2D eigenvalue weighted by Crippen LogP contribution is -2.25. The van der Waals surface area contributed by atoms with Crippen LogP contribution in [0.15, 0.2) is 24.3 Å². The van der Waals surface area contributed by atoms with Crippen LogP contribution in [-0.2, 0) is 0 Å². The molecule has 1 aromatic carbocycles. The standard InChI is InChI=1S/C15H21NO/c1-11(14-7-2-3-8-15(14)17)16-9-12-5-4-6-13(12)10-16/h2-3,7-8,11-13,17H,4-6,9-10H2,1H3. The molecule has 17 heavy (non-hydrogen) atoms. The van der Waals surface area contributed by atoms with Gasteiger partial charge in [-0.1, -0.05) is 24.6 Å². The van der Waals surface area contributed by atoms with Gasteiger partial charge >= 0.3 is 0 Å². The van der Waals surface area contributed by atoms with Gasteiger partial charge in [0.2, 0.25) is 0 Å². The Labute approximate surface area is 103 Å². The Balaban J connectivity index is 1.75. The van der Waals surface area contributed by atoms with Gasteiger partial charge in [0.15, 0.2) is 0 Å². The number of nitrogens with zero attached hydrogens (tertiary/aromatic N) is 1. The second-order valence-electron chi connectivity index (χ2n) is 5.64. The lowest BCUT2D eigenvalue weighted by atomic mass is 10.0. The average molecular weight is 231 g/mol. The van der Waals surface area contributed by atoms with Gasteiger partial charge in [0.1, 0.15) is 5.75 Å². The van der Waals surface area contributed by atoms with Gasteiger partial charge in [0.05, 0.1) is 0 Å². The van der Waals surface area contributed by atoms with E-state index in [0.717, 1.165) is 17.4 Å². The van der Waals surface area contributed by atoms with E-state index in [4.69, 9.17) is 0 Å². The molecule has 2 heteroatoms. The monoisotopic (exact) mass is 231 g/mol. The number of phenolic OH excluding ortho intramolecular Hbond substituents is 1. The van der Waals surface area contributed by atoms with Crippen molar-refractivity contribution in [3.63, 3.8) is 0 Å². The number of aromatic hydroxyl groups is 1. The summed E-state index contributed by atoms with van der Waals surface area (Å²) in [6.07, 6.45) is 4.25. The number of fused-ring (bicyclic) bond motifs is 1. The average Bonchev–Trinajstić information content (AvgIpc) is 2.88. The fourth-order valence-electron chi connectivity index (χ4n) is 3.63. The molecule has 1 aromatic rings. The largest absolute Gasteiger partial charge is 0.508 e. The molecular formula is C15H21NO. The van der Waals surface area contributed by atoms with Crippen molar-refractivity contribution in [2.24, 2.45) is 11.8 Å². The zero-order valence-corrected chi connectivity index (χ0v) is 10.5. The molecular weight excluding hydrogens is 210 g/mol. The van der Waals surface area contributed by atoms with Crippen molar-refractivity contribution in [2.45, 2.75) is 32.2 Å². The number of hydrogen-bond donors (Lipinski definition) is 1. The number of rotatable bonds is 2. The second-order valence-corrected chi connectivity index (χ2v) is 5.64. The molecule has 3 unspecified atom stereocenters. The minimum atomic E-state index is 0.349. The summed E-state index contributed by atoms with van der Waals surface area (Å²) < 4.78 is 0. The number of para-hydroxylation sites is 1. The van der Waals surface area contributed by atoms with Crippen LogP contribution in [0.5, 0.6) is 5.75 Å². The van der Waals surface area contributed by atoms with Gasteiger partial charge in [0, 0.05) is 24.7 Å². The fourth-order valence-corrected chi connectivity index (χ4v) is 3.63. The Morgan fingerprint density at radius 2 is 1.82 bits per heavy atom. The molecule has 2 nitrogen and oxygen atoms in total. The first-order valence-electron chi connectivity index (χ1n) is 6.77. The number of likely N-dealkylation sites (tertiary alicyclic amines) is 1. The van der Waals surface area contributed by atoms with E-state index in [2.05, 4.69) is 11.8 Å². The summed E-state index contributed by atoms with van der Waals surface area (Å²) in [4.78, 5) is 2.55. The van der Waals surface area contributed by atoms with Crippen molar-refractivity contribution in [3.8, 4) is 5.75 Å². The molecule has 1 heterocycles. The van der Waals surface area contributed by atoms with Crippen molar-refractivity contribution in [2.75, 3.05) is 13.1 Å². The van der Waals surface area contributed by atoms with E-state index in [0.29, 0.717) is 11.8 Å². The lowest BCUT2D eigenvalue weighted by molar-refractivity contribution is 0.238. The first-order chi connectivity index (χ1) is 8.25. The molecule has 2 aliphatic rings. The van der Waals surface area contributed by atoms with Crippen molar-refractivity contribution in [1.82, 2.24) is 4.90 Å². The third kappa shape index (κ3) is 1.95. The van der Waals surface area contributed by atoms with E-state index in [1.807, 2.05) is 18.2 Å². The summed E-state index contributed by atoms with van der Waals surface area (Å²) in [5, 5.41) is 9.92. The Hall–Kier alpha value is -1.02. The highest BCUT2D eigenvalue weighted by atomic mass is 16.3. The van der Waals surface area contributed by atoms with Crippen LogP contribution in [0.2, 0.25) is 0 Å². The molecule has 0 radical (unpaired) electrons. The summed E-state index contributed by atoms with van der Waals surface area (Å²) in [5.41, 5.74) is 1.08. The Kier molecular flexibility index (Phi) is 2.83. The quantitative estimate of drug-likeness (QED) is 0.845. The van der Waals surface area contributed by atoms with Crippen LogP contribution in [0.4, 0.5) is 0 Å². The molecule has 3 atom stereocenters. The molecule has 1 aliphatic heterocycles. The summed E-state index contributed by atoms with van der Waals surface area (Å²) in [6.45, 7) is 4.66. The Bertz CT molecular complexity index is 392. The van der Waals surface area contributed by atoms with Gasteiger partial charge in [-0.05, 0) is 37.7 Å². The first-order valence-corrected chi connectivity index (χ1v) is 6.77. The number of benzene rings is 1. The van der Waals surface area contributed by atoms with Gasteiger partial charge in [-0.15, -0.1) is 0 Å². The maximum absolute atomic E-state index is 9.92. The van der Waals surface area contributed by atoms with E-state index in [9.17, 15) is 5.11 Å². The fraction of sp³-hybridized carbons (Fsp3) is 0.600. The number of phenols is 1. The van der Waals surface area contributed by atoms with Crippen LogP contribution in [0.3, 0.4) is 0 Å². The van der Waals surface area contributed by atoms with Gasteiger partial charge < -0.3 is 5.11 Å². The smallest absolute Gasteiger partial charge is 0.120 e. The third-order valence-electron chi connectivity index (χ3n) is 4.69. The van der Waals surface area contributed by atoms with E-state index in [-0.39, 0.29) is 0 Å². The highest BCUT2D eigenvalue weighted by molar-refractivity contribution is 5.34. The summed E-state index contributed by atoms with van der Waals surface area (Å²) in [6, 6.07) is 8.10. The molecule has 1 saturated heterocycles. The van der Waals surface area contributed by atoms with E-state index in [1.54, 1.807) is 6.07 Å². The summed E-state index contributed by atoms with van der Waals surface area (Å²) >= 11 is 0. The minimum absolute atomic E-state index is 0.349. The molecule has 3 rings (SSSR count). The van der Waals surface area contributed by atoms with E-state index in [1.165, 1.54) is 32.4 Å². The maximum Gasteiger partial charge on any atom is 0.120 e. The van der Waals surface area contributed by atoms with Gasteiger partial charge in [0.25, 0.3) is 0 Å². The van der Waals surface area contributed by atoms with Crippen molar-refractivity contribution >= 4 is 0 Å². The summed E-state index contributed by atoms with van der Waals surface area (Å²) in [7, 11) is 0. The van der Waals surface area contributed by atoms with Gasteiger partial charge in [-0.2, -0.15) is 0 Å². The Morgan fingerprint density at radius 3 is 2.47 bits per heavy atom. The molecule has 1 saturated carbocycles. The van der Waals surface area contributed by atoms with Gasteiger partial charge in [-0.3, -0.25) is 4.90 Å². The van der Waals surface area contributed by atoms with Crippen molar-refractivity contribution in [1.29, 1.82) is 0 Å². The molecule has 0 spiro atoms. The highest BCUT2D eigenvalue weighted by Crippen LogP contribution is 2.41. The molecule has 2 fully saturated rings.